The lowest BCUT2D eigenvalue weighted by Gasteiger charge is -2.30. The summed E-state index contributed by atoms with van der Waals surface area (Å²) in [6.07, 6.45) is 39.7. The Bertz CT molecular complexity index is 419. The Balaban J connectivity index is 1.92. The van der Waals surface area contributed by atoms with Crippen molar-refractivity contribution in [2.24, 2.45) is 0 Å². The summed E-state index contributed by atoms with van der Waals surface area (Å²) in [6.45, 7) is 5.86. The van der Waals surface area contributed by atoms with Gasteiger partial charge in [0, 0.05) is 26.0 Å². The Morgan fingerprint density at radius 3 is 1.24 bits per heavy atom. The van der Waals surface area contributed by atoms with E-state index >= 15 is 0 Å². The zero-order valence-corrected chi connectivity index (χ0v) is 23.3. The average Bonchev–Trinajstić information content (AvgIpc) is 3.17. The van der Waals surface area contributed by atoms with Crippen LogP contribution < -0.4 is 0 Å². The molecule has 1 aliphatic heterocycles. The molecule has 1 aliphatic rings. The van der Waals surface area contributed by atoms with Gasteiger partial charge in [0.25, 0.3) is 0 Å². The van der Waals surface area contributed by atoms with Gasteiger partial charge in [0.1, 0.15) is 6.17 Å². The molecule has 1 rings (SSSR count). The van der Waals surface area contributed by atoms with E-state index < -0.39 is 0 Å². The van der Waals surface area contributed by atoms with E-state index in [9.17, 15) is 0 Å². The molecule has 0 amide bonds. The van der Waals surface area contributed by atoms with Gasteiger partial charge in [0.05, 0.1) is 0 Å². The van der Waals surface area contributed by atoms with Crippen molar-refractivity contribution in [3.8, 4) is 0 Å². The first kappa shape index (κ1) is 30.4. The van der Waals surface area contributed by atoms with Gasteiger partial charge < -0.3 is 9.80 Å². The van der Waals surface area contributed by atoms with Gasteiger partial charge in [0.15, 0.2) is 0 Å². The molecule has 2 heteroatoms. The first-order valence-electron chi connectivity index (χ1n) is 15.5. The van der Waals surface area contributed by atoms with Crippen molar-refractivity contribution in [2.45, 2.75) is 174 Å². The Kier molecular flexibility index (Phi) is 21.3. The first-order valence-corrected chi connectivity index (χ1v) is 15.5. The van der Waals surface area contributed by atoms with Crippen LogP contribution in [-0.4, -0.2) is 29.6 Å². The smallest absolute Gasteiger partial charge is 0.100 e. The molecule has 0 saturated heterocycles. The third kappa shape index (κ3) is 17.4. The van der Waals surface area contributed by atoms with Crippen LogP contribution in [0.1, 0.15) is 168 Å². The summed E-state index contributed by atoms with van der Waals surface area (Å²) in [7, 11) is 2.27. The van der Waals surface area contributed by atoms with Crippen LogP contribution in [-0.2, 0) is 0 Å². The van der Waals surface area contributed by atoms with E-state index in [4.69, 9.17) is 0 Å². The van der Waals surface area contributed by atoms with Gasteiger partial charge in [-0.25, -0.2) is 0 Å². The number of hydrogen-bond acceptors (Lipinski definition) is 2. The fraction of sp³-hybridized carbons (Fsp3) is 0.935. The van der Waals surface area contributed by atoms with Crippen molar-refractivity contribution in [1.29, 1.82) is 0 Å². The second-order valence-electron chi connectivity index (χ2n) is 10.9. The number of hydrogen-bond donors (Lipinski definition) is 0. The molecule has 1 heterocycles. The van der Waals surface area contributed by atoms with Crippen molar-refractivity contribution in [1.82, 2.24) is 9.80 Å². The van der Waals surface area contributed by atoms with Crippen molar-refractivity contribution < 1.29 is 0 Å². The van der Waals surface area contributed by atoms with Crippen LogP contribution in [0.25, 0.3) is 0 Å². The summed E-state index contributed by atoms with van der Waals surface area (Å²) in [5.41, 5.74) is 0. The molecule has 0 bridgehead atoms. The summed E-state index contributed by atoms with van der Waals surface area (Å²) in [5.74, 6) is 0. The minimum Gasteiger partial charge on any atom is -0.359 e. The van der Waals surface area contributed by atoms with Crippen molar-refractivity contribution in [3.63, 3.8) is 0 Å². The largest absolute Gasteiger partial charge is 0.359 e. The molecule has 196 valence electrons. The maximum absolute atomic E-state index is 2.62. The Hall–Kier alpha value is -0.660. The molecular weight excluding hydrogens is 400 g/mol. The van der Waals surface area contributed by atoms with Gasteiger partial charge in [0.2, 0.25) is 0 Å². The van der Waals surface area contributed by atoms with Crippen LogP contribution in [0.2, 0.25) is 0 Å². The normalized spacial score (nSPS) is 15.8. The highest BCUT2D eigenvalue weighted by atomic mass is 15.4. The summed E-state index contributed by atoms with van der Waals surface area (Å²) < 4.78 is 0. The summed E-state index contributed by atoms with van der Waals surface area (Å²) in [4.78, 5) is 5.06. The standard InChI is InChI=1S/C31H62N2/c1-4-6-8-10-12-14-16-17-18-20-22-24-26-28-33-30-29-32(3)31(33)27-25-23-21-19-15-13-11-9-7-5-2/h29-31H,4-28H2,1-3H3. The SMILES string of the molecule is CCCCCCCCCCCCCCCN1C=CN(C)C1CCCCCCCCCCCC. The van der Waals surface area contributed by atoms with Gasteiger partial charge in [-0.05, 0) is 19.3 Å². The average molecular weight is 463 g/mol. The number of nitrogens with zero attached hydrogens (tertiary/aromatic N) is 2. The fourth-order valence-electron chi connectivity index (χ4n) is 5.34. The molecule has 33 heavy (non-hydrogen) atoms. The first-order chi connectivity index (χ1) is 16.3. The van der Waals surface area contributed by atoms with Crippen LogP contribution in [0.4, 0.5) is 0 Å². The predicted octanol–water partition coefficient (Wildman–Crippen LogP) is 10.4. The van der Waals surface area contributed by atoms with Crippen LogP contribution in [0.5, 0.6) is 0 Å². The maximum Gasteiger partial charge on any atom is 0.100 e. The zero-order chi connectivity index (χ0) is 23.8. The summed E-state index contributed by atoms with van der Waals surface area (Å²) in [5, 5.41) is 0. The van der Waals surface area contributed by atoms with E-state index in [1.807, 2.05) is 0 Å². The van der Waals surface area contributed by atoms with E-state index in [1.54, 1.807) is 0 Å². The van der Waals surface area contributed by atoms with E-state index in [2.05, 4.69) is 43.1 Å². The van der Waals surface area contributed by atoms with Gasteiger partial charge in [-0.2, -0.15) is 0 Å². The highest BCUT2D eigenvalue weighted by Gasteiger charge is 2.22. The van der Waals surface area contributed by atoms with Crippen LogP contribution in [0.15, 0.2) is 12.4 Å². The Morgan fingerprint density at radius 1 is 0.455 bits per heavy atom. The van der Waals surface area contributed by atoms with E-state index in [1.165, 1.54) is 161 Å². The molecule has 0 fully saturated rings. The molecule has 1 atom stereocenters. The molecule has 2 nitrogen and oxygen atoms in total. The van der Waals surface area contributed by atoms with Crippen LogP contribution in [0.3, 0.4) is 0 Å². The Labute approximate surface area is 210 Å². The summed E-state index contributed by atoms with van der Waals surface area (Å²) >= 11 is 0. The topological polar surface area (TPSA) is 6.48 Å². The van der Waals surface area contributed by atoms with Crippen molar-refractivity contribution >= 4 is 0 Å². The third-order valence-electron chi connectivity index (χ3n) is 7.68. The van der Waals surface area contributed by atoms with Crippen molar-refractivity contribution in [3.05, 3.63) is 12.4 Å². The van der Waals surface area contributed by atoms with E-state index in [-0.39, 0.29) is 0 Å². The predicted molar refractivity (Wildman–Crippen MR) is 150 cm³/mol. The number of unbranched alkanes of at least 4 members (excludes halogenated alkanes) is 21. The quantitative estimate of drug-likeness (QED) is 0.124. The minimum absolute atomic E-state index is 0.622. The molecule has 0 aromatic heterocycles. The maximum atomic E-state index is 2.62. The highest BCUT2D eigenvalue weighted by Crippen LogP contribution is 2.21. The van der Waals surface area contributed by atoms with Gasteiger partial charge in [-0.15, -0.1) is 0 Å². The van der Waals surface area contributed by atoms with E-state index in [0.717, 1.165) is 0 Å². The summed E-state index contributed by atoms with van der Waals surface area (Å²) in [6, 6.07) is 0. The molecule has 0 spiro atoms. The zero-order valence-electron chi connectivity index (χ0n) is 23.3. The number of rotatable bonds is 25. The molecule has 0 aliphatic carbocycles. The fourth-order valence-corrected chi connectivity index (χ4v) is 5.34. The molecule has 1 unspecified atom stereocenters. The monoisotopic (exact) mass is 462 g/mol. The lowest BCUT2D eigenvalue weighted by molar-refractivity contribution is 0.159. The molecule has 0 saturated carbocycles. The lowest BCUT2D eigenvalue weighted by Crippen LogP contribution is -2.37. The minimum atomic E-state index is 0.622. The molecule has 0 aromatic carbocycles. The van der Waals surface area contributed by atoms with Crippen LogP contribution >= 0.6 is 0 Å². The molecular formula is C31H62N2. The van der Waals surface area contributed by atoms with E-state index in [0.29, 0.717) is 6.17 Å². The van der Waals surface area contributed by atoms with Gasteiger partial charge in [-0.1, -0.05) is 149 Å². The molecule has 0 N–H and O–H groups in total. The van der Waals surface area contributed by atoms with Gasteiger partial charge >= 0.3 is 0 Å². The highest BCUT2D eigenvalue weighted by molar-refractivity contribution is 4.95. The third-order valence-corrected chi connectivity index (χ3v) is 7.68. The second-order valence-corrected chi connectivity index (χ2v) is 10.9. The second kappa shape index (κ2) is 23.1. The van der Waals surface area contributed by atoms with Crippen LogP contribution in [0, 0.1) is 0 Å². The molecule has 0 aromatic rings. The van der Waals surface area contributed by atoms with Crippen molar-refractivity contribution in [2.75, 3.05) is 13.6 Å². The van der Waals surface area contributed by atoms with Gasteiger partial charge in [-0.3, -0.25) is 0 Å². The lowest BCUT2D eigenvalue weighted by atomic mass is 10.0. The molecule has 0 radical (unpaired) electrons. The Morgan fingerprint density at radius 2 is 0.818 bits per heavy atom.